The fourth-order valence-electron chi connectivity index (χ4n) is 1.81. The molecule has 0 saturated carbocycles. The van der Waals surface area contributed by atoms with Crippen LogP contribution < -0.4 is 0 Å². The van der Waals surface area contributed by atoms with E-state index in [-0.39, 0.29) is 0 Å². The van der Waals surface area contributed by atoms with Crippen LogP contribution in [0.3, 0.4) is 0 Å². The van der Waals surface area contributed by atoms with Crippen LogP contribution in [0.2, 0.25) is 5.02 Å². The number of nitrogens with zero attached hydrogens (tertiary/aromatic N) is 2. The zero-order valence-electron chi connectivity index (χ0n) is 9.24. The number of hydrogen-bond acceptors (Lipinski definition) is 2. The Balaban J connectivity index is 2.21. The molecule has 1 N–H and O–H groups in total. The molecule has 0 bridgehead atoms. The Morgan fingerprint density at radius 3 is 2.82 bits per heavy atom. The number of fused-ring (bicyclic) bond motifs is 1. The van der Waals surface area contributed by atoms with Crippen LogP contribution in [0.15, 0.2) is 36.5 Å². The van der Waals surface area contributed by atoms with E-state index in [1.165, 1.54) is 0 Å². The van der Waals surface area contributed by atoms with Gasteiger partial charge in [0.2, 0.25) is 0 Å². The molecule has 0 aliphatic rings. The van der Waals surface area contributed by atoms with Crippen LogP contribution in [0.25, 0.3) is 22.2 Å². The lowest BCUT2D eigenvalue weighted by Crippen LogP contribution is -1.83. The smallest absolute Gasteiger partial charge is 0.113 e. The quantitative estimate of drug-likeness (QED) is 0.710. The highest BCUT2D eigenvalue weighted by atomic mass is 35.5. The molecule has 2 aromatic heterocycles. The number of aromatic amines is 1. The van der Waals surface area contributed by atoms with Crippen molar-refractivity contribution in [3.8, 4) is 11.3 Å². The van der Waals surface area contributed by atoms with Crippen molar-refractivity contribution in [3.05, 3.63) is 47.2 Å². The summed E-state index contributed by atoms with van der Waals surface area (Å²) < 4.78 is 0. The Hall–Kier alpha value is -1.87. The molecular formula is C13H10ClN3. The van der Waals surface area contributed by atoms with E-state index < -0.39 is 0 Å². The minimum atomic E-state index is 0.655. The topological polar surface area (TPSA) is 41.6 Å². The van der Waals surface area contributed by atoms with E-state index in [1.807, 2.05) is 37.3 Å². The molecule has 0 atom stereocenters. The van der Waals surface area contributed by atoms with Crippen molar-refractivity contribution >= 4 is 22.5 Å². The standard InChI is InChI=1S/C13H10ClN3/c1-8-12(14)13(17-16-8)10-6-9-4-2-3-5-11(9)15-7-10/h2-7H,1H3,(H,16,17). The lowest BCUT2D eigenvalue weighted by atomic mass is 10.1. The van der Waals surface area contributed by atoms with Gasteiger partial charge in [0, 0.05) is 17.1 Å². The van der Waals surface area contributed by atoms with Crippen molar-refractivity contribution < 1.29 is 0 Å². The molecule has 0 radical (unpaired) electrons. The molecule has 3 nitrogen and oxygen atoms in total. The van der Waals surface area contributed by atoms with Gasteiger partial charge in [-0.3, -0.25) is 10.1 Å². The first kappa shape index (κ1) is 10.3. The van der Waals surface area contributed by atoms with E-state index in [0.717, 1.165) is 27.9 Å². The van der Waals surface area contributed by atoms with E-state index in [1.54, 1.807) is 6.20 Å². The van der Waals surface area contributed by atoms with Gasteiger partial charge < -0.3 is 0 Å². The third kappa shape index (κ3) is 1.68. The molecule has 84 valence electrons. The maximum absolute atomic E-state index is 6.17. The third-order valence-electron chi connectivity index (χ3n) is 2.74. The molecule has 0 aliphatic heterocycles. The Labute approximate surface area is 103 Å². The Morgan fingerprint density at radius 1 is 1.24 bits per heavy atom. The number of pyridine rings is 1. The first-order valence-corrected chi connectivity index (χ1v) is 5.69. The van der Waals surface area contributed by atoms with Gasteiger partial charge >= 0.3 is 0 Å². The lowest BCUT2D eigenvalue weighted by molar-refractivity contribution is 1.05. The van der Waals surface area contributed by atoms with E-state index >= 15 is 0 Å². The molecule has 3 rings (SSSR count). The highest BCUT2D eigenvalue weighted by Crippen LogP contribution is 2.29. The maximum Gasteiger partial charge on any atom is 0.113 e. The number of aryl methyl sites for hydroxylation is 1. The minimum Gasteiger partial charge on any atom is -0.281 e. The van der Waals surface area contributed by atoms with E-state index in [0.29, 0.717) is 5.02 Å². The lowest BCUT2D eigenvalue weighted by Gasteiger charge is -2.00. The molecule has 17 heavy (non-hydrogen) atoms. The Morgan fingerprint density at radius 2 is 2.06 bits per heavy atom. The van der Waals surface area contributed by atoms with Crippen LogP contribution in [0.1, 0.15) is 5.69 Å². The molecule has 0 fully saturated rings. The Bertz CT molecular complexity index is 688. The normalized spacial score (nSPS) is 10.9. The maximum atomic E-state index is 6.17. The zero-order chi connectivity index (χ0) is 11.8. The van der Waals surface area contributed by atoms with E-state index in [2.05, 4.69) is 15.2 Å². The molecular weight excluding hydrogens is 234 g/mol. The average Bonchev–Trinajstić information content (AvgIpc) is 2.70. The first-order chi connectivity index (χ1) is 8.25. The summed E-state index contributed by atoms with van der Waals surface area (Å²) in [6.45, 7) is 1.90. The van der Waals surface area contributed by atoms with Gasteiger partial charge in [0.05, 0.1) is 16.2 Å². The second kappa shape index (κ2) is 3.86. The van der Waals surface area contributed by atoms with Crippen molar-refractivity contribution in [2.24, 2.45) is 0 Å². The molecule has 0 saturated heterocycles. The average molecular weight is 244 g/mol. The number of aromatic nitrogens is 3. The molecule has 0 unspecified atom stereocenters. The SMILES string of the molecule is Cc1[nH]nc(-c2cnc3ccccc3c2)c1Cl. The summed E-state index contributed by atoms with van der Waals surface area (Å²) in [6, 6.07) is 10.0. The van der Waals surface area contributed by atoms with Crippen LogP contribution in [0.5, 0.6) is 0 Å². The number of nitrogens with one attached hydrogen (secondary N) is 1. The van der Waals surface area contributed by atoms with Crippen LogP contribution in [0, 0.1) is 6.92 Å². The molecule has 0 aliphatic carbocycles. The summed E-state index contributed by atoms with van der Waals surface area (Å²) in [7, 11) is 0. The predicted molar refractivity (Wildman–Crippen MR) is 69.1 cm³/mol. The fourth-order valence-corrected chi connectivity index (χ4v) is 2.00. The van der Waals surface area contributed by atoms with Gasteiger partial charge in [-0.2, -0.15) is 5.10 Å². The van der Waals surface area contributed by atoms with Gasteiger partial charge in [0.25, 0.3) is 0 Å². The van der Waals surface area contributed by atoms with Crippen LogP contribution >= 0.6 is 11.6 Å². The van der Waals surface area contributed by atoms with Crippen LogP contribution in [0.4, 0.5) is 0 Å². The largest absolute Gasteiger partial charge is 0.281 e. The van der Waals surface area contributed by atoms with Gasteiger partial charge in [-0.05, 0) is 19.1 Å². The van der Waals surface area contributed by atoms with Crippen molar-refractivity contribution in [2.45, 2.75) is 6.92 Å². The number of H-pyrrole nitrogens is 1. The number of rotatable bonds is 1. The molecule has 4 heteroatoms. The number of benzene rings is 1. The minimum absolute atomic E-state index is 0.655. The molecule has 2 heterocycles. The molecule has 0 spiro atoms. The molecule has 0 amide bonds. The fraction of sp³-hybridized carbons (Fsp3) is 0.0769. The van der Waals surface area contributed by atoms with Gasteiger partial charge in [-0.1, -0.05) is 29.8 Å². The van der Waals surface area contributed by atoms with E-state index in [4.69, 9.17) is 11.6 Å². The van der Waals surface area contributed by atoms with Crippen LogP contribution in [-0.4, -0.2) is 15.2 Å². The Kier molecular flexibility index (Phi) is 2.34. The van der Waals surface area contributed by atoms with Gasteiger partial charge in [-0.15, -0.1) is 0 Å². The summed E-state index contributed by atoms with van der Waals surface area (Å²) in [4.78, 5) is 4.40. The summed E-state index contributed by atoms with van der Waals surface area (Å²) >= 11 is 6.17. The van der Waals surface area contributed by atoms with E-state index in [9.17, 15) is 0 Å². The summed E-state index contributed by atoms with van der Waals surface area (Å²) in [6.07, 6.45) is 1.80. The van der Waals surface area contributed by atoms with Gasteiger partial charge in [-0.25, -0.2) is 0 Å². The molecule has 1 aromatic carbocycles. The second-order valence-electron chi connectivity index (χ2n) is 3.93. The number of hydrogen-bond donors (Lipinski definition) is 1. The van der Waals surface area contributed by atoms with Crippen molar-refractivity contribution in [3.63, 3.8) is 0 Å². The van der Waals surface area contributed by atoms with Gasteiger partial charge in [0.15, 0.2) is 0 Å². The summed E-state index contributed by atoms with van der Waals surface area (Å²) in [5.41, 5.74) is 3.52. The first-order valence-electron chi connectivity index (χ1n) is 5.31. The highest BCUT2D eigenvalue weighted by Gasteiger charge is 2.10. The van der Waals surface area contributed by atoms with Crippen molar-refractivity contribution in [1.82, 2.24) is 15.2 Å². The highest BCUT2D eigenvalue weighted by molar-refractivity contribution is 6.33. The van der Waals surface area contributed by atoms with Crippen molar-refractivity contribution in [2.75, 3.05) is 0 Å². The summed E-state index contributed by atoms with van der Waals surface area (Å²) in [5, 5.41) is 8.81. The number of para-hydroxylation sites is 1. The zero-order valence-corrected chi connectivity index (χ0v) is 9.99. The third-order valence-corrected chi connectivity index (χ3v) is 3.20. The predicted octanol–water partition coefficient (Wildman–Crippen LogP) is 3.59. The van der Waals surface area contributed by atoms with Crippen LogP contribution in [-0.2, 0) is 0 Å². The monoisotopic (exact) mass is 243 g/mol. The second-order valence-corrected chi connectivity index (χ2v) is 4.31. The van der Waals surface area contributed by atoms with Crippen molar-refractivity contribution in [1.29, 1.82) is 0 Å². The van der Waals surface area contributed by atoms with Gasteiger partial charge in [0.1, 0.15) is 5.69 Å². The summed E-state index contributed by atoms with van der Waals surface area (Å²) in [5.74, 6) is 0. The number of halogens is 1. The molecule has 3 aromatic rings.